The fourth-order valence-corrected chi connectivity index (χ4v) is 3.95. The van der Waals surface area contributed by atoms with Gasteiger partial charge in [-0.3, -0.25) is 4.79 Å². The van der Waals surface area contributed by atoms with Gasteiger partial charge in [-0.25, -0.2) is 0 Å². The summed E-state index contributed by atoms with van der Waals surface area (Å²) in [6.45, 7) is 0.0285. The Morgan fingerprint density at radius 2 is 1.88 bits per heavy atom. The highest BCUT2D eigenvalue weighted by Gasteiger charge is 2.21. The van der Waals surface area contributed by atoms with E-state index < -0.39 is 0 Å². The summed E-state index contributed by atoms with van der Waals surface area (Å²) in [6, 6.07) is 20.4. The van der Waals surface area contributed by atoms with Crippen LogP contribution in [0.5, 0.6) is 5.75 Å². The van der Waals surface area contributed by atoms with Crippen LogP contribution in [0.3, 0.4) is 0 Å². The summed E-state index contributed by atoms with van der Waals surface area (Å²) in [7, 11) is 0. The minimum Gasteiger partial charge on any atom is -0.484 e. The molecule has 1 aliphatic rings. The number of hydrogen-bond acceptors (Lipinski definition) is 2. The Kier molecular flexibility index (Phi) is 4.93. The normalized spacial score (nSPS) is 16.1. The van der Waals surface area contributed by atoms with Gasteiger partial charge < -0.3 is 10.1 Å². The summed E-state index contributed by atoms with van der Waals surface area (Å²) >= 11 is 3.48. The average molecular weight is 410 g/mol. The van der Waals surface area contributed by atoms with E-state index >= 15 is 0 Å². The third-order valence-corrected chi connectivity index (χ3v) is 5.34. The number of amides is 1. The number of aryl methyl sites for hydroxylation is 1. The number of benzene rings is 3. The van der Waals surface area contributed by atoms with Crippen molar-refractivity contribution in [3.8, 4) is 5.75 Å². The summed E-state index contributed by atoms with van der Waals surface area (Å²) in [6.07, 6.45) is 3.17. The number of rotatable bonds is 4. The molecule has 3 aromatic rings. The molecule has 0 saturated carbocycles. The van der Waals surface area contributed by atoms with Crippen molar-refractivity contribution >= 4 is 32.6 Å². The van der Waals surface area contributed by atoms with Gasteiger partial charge in [-0.15, -0.1) is 0 Å². The van der Waals surface area contributed by atoms with Gasteiger partial charge in [0.05, 0.1) is 6.04 Å². The van der Waals surface area contributed by atoms with Crippen LogP contribution in [0.2, 0.25) is 0 Å². The lowest BCUT2D eigenvalue weighted by molar-refractivity contribution is -0.123. The molecule has 1 atom stereocenters. The Hall–Kier alpha value is -2.33. The van der Waals surface area contributed by atoms with Crippen molar-refractivity contribution in [2.24, 2.45) is 0 Å². The van der Waals surface area contributed by atoms with Crippen LogP contribution in [0.1, 0.15) is 30.0 Å². The topological polar surface area (TPSA) is 38.3 Å². The molecule has 3 nitrogen and oxygen atoms in total. The SMILES string of the molecule is O=C(COc1ccc2cc(Br)ccc2c1)N[C@@H]1CCCc2ccccc21. The lowest BCUT2D eigenvalue weighted by Crippen LogP contribution is -2.34. The van der Waals surface area contributed by atoms with E-state index in [1.807, 2.05) is 36.4 Å². The first-order chi connectivity index (χ1) is 12.7. The fourth-order valence-electron chi connectivity index (χ4n) is 3.57. The molecule has 0 aliphatic heterocycles. The summed E-state index contributed by atoms with van der Waals surface area (Å²) in [4.78, 5) is 12.4. The lowest BCUT2D eigenvalue weighted by atomic mass is 9.88. The van der Waals surface area contributed by atoms with Crippen molar-refractivity contribution in [3.05, 3.63) is 76.3 Å². The lowest BCUT2D eigenvalue weighted by Gasteiger charge is -2.26. The highest BCUT2D eigenvalue weighted by atomic mass is 79.9. The molecule has 1 amide bonds. The van der Waals surface area contributed by atoms with E-state index in [1.165, 1.54) is 11.1 Å². The standard InChI is InChI=1S/C22H20BrNO2/c23-18-10-8-17-13-19(11-9-16(17)12-18)26-14-22(25)24-21-7-3-5-15-4-1-2-6-20(15)21/h1-2,4,6,8-13,21H,3,5,7,14H2,(H,24,25)/t21-/m1/s1. The predicted octanol–water partition coefficient (Wildman–Crippen LogP) is 5.17. The second-order valence-corrected chi connectivity index (χ2v) is 7.57. The number of carbonyl (C=O) groups is 1. The van der Waals surface area contributed by atoms with E-state index in [-0.39, 0.29) is 18.6 Å². The molecule has 0 bridgehead atoms. The molecule has 0 radical (unpaired) electrons. The monoisotopic (exact) mass is 409 g/mol. The Bertz CT molecular complexity index is 954. The molecule has 1 N–H and O–H groups in total. The Morgan fingerprint density at radius 1 is 1.08 bits per heavy atom. The molecule has 3 aromatic carbocycles. The van der Waals surface area contributed by atoms with Crippen molar-refractivity contribution in [3.63, 3.8) is 0 Å². The average Bonchev–Trinajstić information content (AvgIpc) is 2.66. The van der Waals surface area contributed by atoms with E-state index in [4.69, 9.17) is 4.74 Å². The second kappa shape index (κ2) is 7.50. The molecule has 0 spiro atoms. The molecule has 0 saturated heterocycles. The number of nitrogens with one attached hydrogen (secondary N) is 1. The van der Waals surface area contributed by atoms with Crippen molar-refractivity contribution in [2.45, 2.75) is 25.3 Å². The van der Waals surface area contributed by atoms with Crippen LogP contribution in [0, 0.1) is 0 Å². The first-order valence-corrected chi connectivity index (χ1v) is 9.68. The maximum Gasteiger partial charge on any atom is 0.258 e. The summed E-state index contributed by atoms with van der Waals surface area (Å²) in [5.74, 6) is 0.627. The predicted molar refractivity (Wildman–Crippen MR) is 107 cm³/mol. The second-order valence-electron chi connectivity index (χ2n) is 6.65. The quantitative estimate of drug-likeness (QED) is 0.644. The minimum atomic E-state index is -0.0809. The zero-order valence-electron chi connectivity index (χ0n) is 14.4. The number of carbonyl (C=O) groups excluding carboxylic acids is 1. The first-order valence-electron chi connectivity index (χ1n) is 8.88. The Balaban J connectivity index is 1.39. The maximum absolute atomic E-state index is 12.4. The summed E-state index contributed by atoms with van der Waals surface area (Å²) < 4.78 is 6.76. The minimum absolute atomic E-state index is 0.0285. The number of fused-ring (bicyclic) bond motifs is 2. The maximum atomic E-state index is 12.4. The first kappa shape index (κ1) is 17.1. The Labute approximate surface area is 161 Å². The van der Waals surface area contributed by atoms with Crippen molar-refractivity contribution in [2.75, 3.05) is 6.61 Å². The van der Waals surface area contributed by atoms with Gasteiger partial charge >= 0.3 is 0 Å². The van der Waals surface area contributed by atoms with Crippen LogP contribution in [0.15, 0.2) is 65.1 Å². The highest BCUT2D eigenvalue weighted by molar-refractivity contribution is 9.10. The van der Waals surface area contributed by atoms with E-state index in [0.29, 0.717) is 5.75 Å². The van der Waals surface area contributed by atoms with Gasteiger partial charge in [-0.05, 0) is 65.4 Å². The fraction of sp³-hybridized carbons (Fsp3) is 0.227. The van der Waals surface area contributed by atoms with Crippen LogP contribution in [0.4, 0.5) is 0 Å². The molecule has 0 unspecified atom stereocenters. The van der Waals surface area contributed by atoms with Crippen LogP contribution in [-0.2, 0) is 11.2 Å². The third-order valence-electron chi connectivity index (χ3n) is 4.85. The van der Waals surface area contributed by atoms with Gasteiger partial charge in [0.15, 0.2) is 6.61 Å². The van der Waals surface area contributed by atoms with Crippen molar-refractivity contribution in [1.82, 2.24) is 5.32 Å². The van der Waals surface area contributed by atoms with Gasteiger partial charge in [0.1, 0.15) is 5.75 Å². The molecular formula is C22H20BrNO2. The zero-order valence-corrected chi connectivity index (χ0v) is 16.0. The highest BCUT2D eigenvalue weighted by Crippen LogP contribution is 2.29. The Morgan fingerprint density at radius 3 is 2.81 bits per heavy atom. The van der Waals surface area contributed by atoms with Crippen molar-refractivity contribution < 1.29 is 9.53 Å². The zero-order chi connectivity index (χ0) is 17.9. The number of ether oxygens (including phenoxy) is 1. The molecule has 0 fully saturated rings. The summed E-state index contributed by atoms with van der Waals surface area (Å²) in [5, 5.41) is 5.34. The van der Waals surface area contributed by atoms with Crippen LogP contribution in [0.25, 0.3) is 10.8 Å². The van der Waals surface area contributed by atoms with Crippen LogP contribution < -0.4 is 10.1 Å². The molecule has 0 aromatic heterocycles. The molecule has 132 valence electrons. The third kappa shape index (κ3) is 3.75. The van der Waals surface area contributed by atoms with E-state index in [9.17, 15) is 4.79 Å². The number of hydrogen-bond donors (Lipinski definition) is 1. The van der Waals surface area contributed by atoms with Crippen LogP contribution in [-0.4, -0.2) is 12.5 Å². The van der Waals surface area contributed by atoms with E-state index in [1.54, 1.807) is 0 Å². The van der Waals surface area contributed by atoms with E-state index in [0.717, 1.165) is 34.5 Å². The summed E-state index contributed by atoms with van der Waals surface area (Å²) in [5.41, 5.74) is 2.58. The molecule has 26 heavy (non-hydrogen) atoms. The smallest absolute Gasteiger partial charge is 0.258 e. The van der Waals surface area contributed by atoms with E-state index in [2.05, 4.69) is 45.5 Å². The van der Waals surface area contributed by atoms with Gasteiger partial charge in [0, 0.05) is 4.47 Å². The van der Waals surface area contributed by atoms with Gasteiger partial charge in [0.2, 0.25) is 0 Å². The number of halogens is 1. The molecule has 4 heteroatoms. The van der Waals surface area contributed by atoms with Gasteiger partial charge in [-0.1, -0.05) is 52.3 Å². The largest absolute Gasteiger partial charge is 0.484 e. The molecular weight excluding hydrogens is 390 g/mol. The van der Waals surface area contributed by atoms with Gasteiger partial charge in [-0.2, -0.15) is 0 Å². The molecule has 4 rings (SSSR count). The molecule has 0 heterocycles. The van der Waals surface area contributed by atoms with Crippen molar-refractivity contribution in [1.29, 1.82) is 0 Å². The van der Waals surface area contributed by atoms with Crippen LogP contribution >= 0.6 is 15.9 Å². The molecule has 1 aliphatic carbocycles. The van der Waals surface area contributed by atoms with Gasteiger partial charge in [0.25, 0.3) is 5.91 Å².